The Bertz CT molecular complexity index is 1200. The molecule has 1 aromatic carbocycles. The molecule has 5 rings (SSSR count). The number of rotatable bonds is 5. The number of piperidine rings is 2. The molecule has 0 aliphatic carbocycles. The van der Waals surface area contributed by atoms with Crippen LogP contribution in [0.25, 0.3) is 22.0 Å². The number of likely N-dealkylation sites (tertiary alicyclic amines) is 2. The topological polar surface area (TPSA) is 77.1 Å². The van der Waals surface area contributed by atoms with E-state index in [0.717, 1.165) is 73.5 Å². The van der Waals surface area contributed by atoms with Crippen molar-refractivity contribution >= 4 is 16.8 Å². The zero-order valence-electron chi connectivity index (χ0n) is 22.2. The Labute approximate surface area is 214 Å². The van der Waals surface area contributed by atoms with Gasteiger partial charge in [0, 0.05) is 54.6 Å². The Morgan fingerprint density at radius 3 is 2.50 bits per heavy atom. The largest absolute Gasteiger partial charge is 0.348 e. The fraction of sp³-hybridized carbons (Fsp3) is 0.552. The quantitative estimate of drug-likeness (QED) is 0.537. The molecule has 2 aliphatic heterocycles. The first kappa shape index (κ1) is 24.9. The lowest BCUT2D eigenvalue weighted by Gasteiger charge is -2.40. The van der Waals surface area contributed by atoms with Crippen molar-refractivity contribution in [2.45, 2.75) is 71.5 Å². The summed E-state index contributed by atoms with van der Waals surface area (Å²) in [6.07, 6.45) is 8.35. The molecular weight excluding hydrogens is 448 g/mol. The lowest BCUT2D eigenvalue weighted by Crippen LogP contribution is -2.50. The van der Waals surface area contributed by atoms with E-state index in [1.165, 1.54) is 18.4 Å². The van der Waals surface area contributed by atoms with Crippen molar-refractivity contribution in [3.8, 4) is 11.1 Å². The van der Waals surface area contributed by atoms with Gasteiger partial charge in [-0.15, -0.1) is 0 Å². The van der Waals surface area contributed by atoms with Gasteiger partial charge in [-0.1, -0.05) is 13.0 Å². The van der Waals surface area contributed by atoms with E-state index in [0.29, 0.717) is 5.69 Å². The normalized spacial score (nSPS) is 19.1. The van der Waals surface area contributed by atoms with Gasteiger partial charge in [0.1, 0.15) is 0 Å². The summed E-state index contributed by atoms with van der Waals surface area (Å²) in [6, 6.07) is 8.57. The Kier molecular flexibility index (Phi) is 7.13. The summed E-state index contributed by atoms with van der Waals surface area (Å²) in [4.78, 5) is 22.7. The number of carbonyl (C=O) groups excluding carboxylic acids is 1. The van der Waals surface area contributed by atoms with E-state index in [9.17, 15) is 4.79 Å². The molecule has 2 aromatic heterocycles. The lowest BCUT2D eigenvalue weighted by molar-refractivity contribution is 0.0810. The molecule has 0 spiro atoms. The van der Waals surface area contributed by atoms with Gasteiger partial charge < -0.3 is 5.32 Å². The number of nitrogens with one attached hydrogen (secondary N) is 2. The molecule has 3 aromatic rings. The minimum Gasteiger partial charge on any atom is -0.348 e. The van der Waals surface area contributed by atoms with E-state index in [2.05, 4.69) is 76.2 Å². The van der Waals surface area contributed by atoms with E-state index < -0.39 is 0 Å². The summed E-state index contributed by atoms with van der Waals surface area (Å²) in [6.45, 7) is 14.3. The van der Waals surface area contributed by atoms with Crippen LogP contribution in [0.5, 0.6) is 0 Å². The van der Waals surface area contributed by atoms with E-state index >= 15 is 0 Å². The summed E-state index contributed by atoms with van der Waals surface area (Å²) in [7, 11) is 0. The molecule has 2 aliphatic rings. The fourth-order valence-electron chi connectivity index (χ4n) is 5.53. The van der Waals surface area contributed by atoms with Gasteiger partial charge in [0.25, 0.3) is 5.91 Å². The summed E-state index contributed by atoms with van der Waals surface area (Å²) >= 11 is 0. The predicted octanol–water partition coefficient (Wildman–Crippen LogP) is 4.85. The van der Waals surface area contributed by atoms with Crippen molar-refractivity contribution in [2.75, 3.05) is 26.2 Å². The molecule has 0 saturated carbocycles. The maximum Gasteiger partial charge on any atom is 0.272 e. The van der Waals surface area contributed by atoms with Crippen LogP contribution in [-0.2, 0) is 6.54 Å². The van der Waals surface area contributed by atoms with Crippen LogP contribution in [0.15, 0.2) is 36.7 Å². The number of H-pyrrole nitrogens is 1. The van der Waals surface area contributed by atoms with Crippen molar-refractivity contribution in [2.24, 2.45) is 5.92 Å². The van der Waals surface area contributed by atoms with Gasteiger partial charge >= 0.3 is 0 Å². The monoisotopic (exact) mass is 488 g/mol. The number of carbonyl (C=O) groups is 1. The number of fused-ring (bicyclic) bond motifs is 1. The zero-order valence-corrected chi connectivity index (χ0v) is 22.2. The van der Waals surface area contributed by atoms with Gasteiger partial charge in [-0.2, -0.15) is 5.10 Å². The third kappa shape index (κ3) is 5.62. The summed E-state index contributed by atoms with van der Waals surface area (Å²) in [5.74, 6) is 0.730. The van der Waals surface area contributed by atoms with Crippen LogP contribution in [0.4, 0.5) is 0 Å². The van der Waals surface area contributed by atoms with E-state index in [1.807, 2.05) is 18.5 Å². The molecule has 192 valence electrons. The zero-order chi connectivity index (χ0) is 25.3. The lowest BCUT2D eigenvalue weighted by atomic mass is 9.98. The van der Waals surface area contributed by atoms with Crippen LogP contribution >= 0.6 is 0 Å². The number of hydrogen-bond acceptors (Lipinski definition) is 5. The number of amides is 1. The Hall–Kier alpha value is -2.77. The van der Waals surface area contributed by atoms with Gasteiger partial charge in [-0.05, 0) is 94.8 Å². The Morgan fingerprint density at radius 2 is 1.78 bits per heavy atom. The number of aromatic nitrogens is 3. The maximum atomic E-state index is 13.2. The number of aromatic amines is 1. The fourth-order valence-corrected chi connectivity index (χ4v) is 5.53. The molecule has 2 N–H and O–H groups in total. The maximum absolute atomic E-state index is 13.2. The number of nitrogens with zero attached hydrogens (tertiary/aromatic N) is 4. The number of pyridine rings is 1. The van der Waals surface area contributed by atoms with Crippen LogP contribution in [0.2, 0.25) is 0 Å². The Morgan fingerprint density at radius 1 is 1.03 bits per heavy atom. The standard InChI is InChI=1S/C29H40N6O/c1-20-7-11-34(12-8-20)19-21-15-23(18-30-17-21)22-5-6-26-25(16-22)27(33-32-26)28(36)31-24-9-13-35(14-10-24)29(2,3)4/h5-6,15-18,20,24H,7-14,19H2,1-4H3,(H,31,36)(H,32,33). The van der Waals surface area contributed by atoms with Gasteiger partial charge in [0.2, 0.25) is 0 Å². The van der Waals surface area contributed by atoms with Crippen LogP contribution in [-0.4, -0.2) is 68.6 Å². The second kappa shape index (κ2) is 10.3. The summed E-state index contributed by atoms with van der Waals surface area (Å²) in [5, 5.41) is 11.5. The van der Waals surface area contributed by atoms with E-state index in [4.69, 9.17) is 0 Å². The molecule has 1 amide bonds. The molecule has 4 heterocycles. The number of hydrogen-bond donors (Lipinski definition) is 2. The summed E-state index contributed by atoms with van der Waals surface area (Å²) in [5.41, 5.74) is 4.87. The van der Waals surface area contributed by atoms with Gasteiger partial charge in [0.05, 0.1) is 5.52 Å². The van der Waals surface area contributed by atoms with Crippen molar-refractivity contribution in [3.63, 3.8) is 0 Å². The molecule has 2 fully saturated rings. The summed E-state index contributed by atoms with van der Waals surface area (Å²) < 4.78 is 0. The molecule has 0 unspecified atom stereocenters. The molecular formula is C29H40N6O. The Balaban J connectivity index is 1.29. The van der Waals surface area contributed by atoms with Crippen molar-refractivity contribution in [1.82, 2.24) is 30.3 Å². The molecule has 0 radical (unpaired) electrons. The first-order valence-corrected chi connectivity index (χ1v) is 13.5. The molecule has 0 atom stereocenters. The smallest absolute Gasteiger partial charge is 0.272 e. The average molecular weight is 489 g/mol. The molecule has 2 saturated heterocycles. The van der Waals surface area contributed by atoms with Gasteiger partial charge in [0.15, 0.2) is 5.69 Å². The van der Waals surface area contributed by atoms with Crippen LogP contribution in [0, 0.1) is 5.92 Å². The van der Waals surface area contributed by atoms with Gasteiger partial charge in [-0.3, -0.25) is 24.7 Å². The average Bonchev–Trinajstić information content (AvgIpc) is 3.29. The third-order valence-electron chi connectivity index (χ3n) is 7.97. The highest BCUT2D eigenvalue weighted by molar-refractivity contribution is 6.05. The second-order valence-electron chi connectivity index (χ2n) is 11.8. The van der Waals surface area contributed by atoms with Crippen LogP contribution in [0.1, 0.15) is 69.4 Å². The molecule has 7 nitrogen and oxygen atoms in total. The van der Waals surface area contributed by atoms with Crippen LogP contribution < -0.4 is 5.32 Å². The first-order valence-electron chi connectivity index (χ1n) is 13.5. The van der Waals surface area contributed by atoms with Crippen molar-refractivity contribution in [1.29, 1.82) is 0 Å². The first-order chi connectivity index (χ1) is 17.3. The minimum absolute atomic E-state index is 0.0983. The highest BCUT2D eigenvalue weighted by Gasteiger charge is 2.28. The molecule has 36 heavy (non-hydrogen) atoms. The predicted molar refractivity (Wildman–Crippen MR) is 145 cm³/mol. The second-order valence-corrected chi connectivity index (χ2v) is 11.8. The van der Waals surface area contributed by atoms with E-state index in [1.54, 1.807) is 0 Å². The van der Waals surface area contributed by atoms with Crippen LogP contribution in [0.3, 0.4) is 0 Å². The number of benzene rings is 1. The van der Waals surface area contributed by atoms with Crippen molar-refractivity contribution in [3.05, 3.63) is 47.9 Å². The van der Waals surface area contributed by atoms with Crippen molar-refractivity contribution < 1.29 is 4.79 Å². The highest BCUT2D eigenvalue weighted by atomic mass is 16.2. The highest BCUT2D eigenvalue weighted by Crippen LogP contribution is 2.27. The SMILES string of the molecule is CC1CCN(Cc2cncc(-c3ccc4[nH]nc(C(=O)NC5CCN(C(C)(C)C)CC5)c4c3)c2)CC1. The molecule has 7 heteroatoms. The van der Waals surface area contributed by atoms with E-state index in [-0.39, 0.29) is 17.5 Å². The third-order valence-corrected chi connectivity index (χ3v) is 7.97. The minimum atomic E-state index is -0.0983. The van der Waals surface area contributed by atoms with Gasteiger partial charge in [-0.25, -0.2) is 0 Å². The molecule has 0 bridgehead atoms.